The van der Waals surface area contributed by atoms with Gasteiger partial charge in [0.25, 0.3) is 0 Å². The Morgan fingerprint density at radius 2 is 2.40 bits per heavy atom. The van der Waals surface area contributed by atoms with Crippen molar-refractivity contribution in [2.75, 3.05) is 13.7 Å². The van der Waals surface area contributed by atoms with Gasteiger partial charge in [-0.15, -0.1) is 0 Å². The van der Waals surface area contributed by atoms with Gasteiger partial charge in [0.05, 0.1) is 6.54 Å². The molecule has 5 heteroatoms. The van der Waals surface area contributed by atoms with Gasteiger partial charge in [-0.2, -0.15) is 4.98 Å². The molecule has 5 nitrogen and oxygen atoms in total. The second-order valence-corrected chi connectivity index (χ2v) is 3.79. The summed E-state index contributed by atoms with van der Waals surface area (Å²) in [6, 6.07) is 0. The number of hydrogen-bond donors (Lipinski definition) is 1. The highest BCUT2D eigenvalue weighted by Crippen LogP contribution is 2.42. The van der Waals surface area contributed by atoms with Crippen molar-refractivity contribution in [3.8, 4) is 0 Å². The molecule has 1 aliphatic carbocycles. The van der Waals surface area contributed by atoms with Crippen molar-refractivity contribution < 1.29 is 9.26 Å². The Morgan fingerprint density at radius 3 is 3.00 bits per heavy atom. The number of ether oxygens (including phenoxy) is 1. The molecule has 84 valence electrons. The maximum Gasteiger partial charge on any atom is 0.240 e. The Labute approximate surface area is 89.2 Å². The molecule has 0 aliphatic heterocycles. The van der Waals surface area contributed by atoms with E-state index in [1.165, 1.54) is 12.8 Å². The number of rotatable bonds is 6. The van der Waals surface area contributed by atoms with Gasteiger partial charge in [-0.25, -0.2) is 0 Å². The number of nitrogens with zero attached hydrogens (tertiary/aromatic N) is 2. The SMILES string of the molecule is CCOC(c1noc(CNC)n1)C1CC1. The first-order valence-corrected chi connectivity index (χ1v) is 5.43. The van der Waals surface area contributed by atoms with E-state index in [2.05, 4.69) is 15.5 Å². The molecule has 0 bridgehead atoms. The lowest BCUT2D eigenvalue weighted by Gasteiger charge is -2.10. The minimum Gasteiger partial charge on any atom is -0.370 e. The van der Waals surface area contributed by atoms with Crippen molar-refractivity contribution in [3.05, 3.63) is 11.7 Å². The molecule has 1 aliphatic rings. The van der Waals surface area contributed by atoms with Crippen LogP contribution >= 0.6 is 0 Å². The third-order valence-electron chi connectivity index (χ3n) is 2.46. The zero-order valence-electron chi connectivity index (χ0n) is 9.19. The minimum absolute atomic E-state index is 0.0318. The molecule has 1 aromatic rings. The summed E-state index contributed by atoms with van der Waals surface area (Å²) in [4.78, 5) is 4.31. The van der Waals surface area contributed by atoms with Crippen LogP contribution < -0.4 is 5.32 Å². The molecular formula is C10H17N3O2. The number of aromatic nitrogens is 2. The molecule has 1 atom stereocenters. The fourth-order valence-corrected chi connectivity index (χ4v) is 1.61. The highest BCUT2D eigenvalue weighted by molar-refractivity contribution is 4.98. The van der Waals surface area contributed by atoms with Crippen molar-refractivity contribution in [1.82, 2.24) is 15.5 Å². The van der Waals surface area contributed by atoms with Gasteiger partial charge in [0, 0.05) is 6.61 Å². The highest BCUT2D eigenvalue weighted by atomic mass is 16.5. The lowest BCUT2D eigenvalue weighted by molar-refractivity contribution is 0.0384. The monoisotopic (exact) mass is 211 g/mol. The van der Waals surface area contributed by atoms with Gasteiger partial charge in [0.2, 0.25) is 11.7 Å². The van der Waals surface area contributed by atoms with Gasteiger partial charge in [-0.05, 0) is 32.7 Å². The molecule has 1 N–H and O–H groups in total. The van der Waals surface area contributed by atoms with E-state index in [1.807, 2.05) is 14.0 Å². The van der Waals surface area contributed by atoms with E-state index in [0.29, 0.717) is 30.8 Å². The molecule has 2 rings (SSSR count). The molecule has 0 radical (unpaired) electrons. The highest BCUT2D eigenvalue weighted by Gasteiger charge is 2.36. The number of hydrogen-bond acceptors (Lipinski definition) is 5. The van der Waals surface area contributed by atoms with Crippen molar-refractivity contribution in [1.29, 1.82) is 0 Å². The average Bonchev–Trinajstić information content (AvgIpc) is 2.96. The summed E-state index contributed by atoms with van der Waals surface area (Å²) >= 11 is 0. The average molecular weight is 211 g/mol. The maximum atomic E-state index is 5.64. The van der Waals surface area contributed by atoms with Gasteiger partial charge in [-0.3, -0.25) is 0 Å². The topological polar surface area (TPSA) is 60.2 Å². The third-order valence-corrected chi connectivity index (χ3v) is 2.46. The second-order valence-electron chi connectivity index (χ2n) is 3.79. The van der Waals surface area contributed by atoms with Gasteiger partial charge in [-0.1, -0.05) is 5.16 Å². The summed E-state index contributed by atoms with van der Waals surface area (Å²) in [5.41, 5.74) is 0. The first-order valence-electron chi connectivity index (χ1n) is 5.43. The normalized spacial score (nSPS) is 18.0. The van der Waals surface area contributed by atoms with E-state index in [4.69, 9.17) is 9.26 Å². The lowest BCUT2D eigenvalue weighted by atomic mass is 10.2. The van der Waals surface area contributed by atoms with Crippen LogP contribution in [0, 0.1) is 5.92 Å². The first-order chi connectivity index (χ1) is 7.35. The molecule has 1 heterocycles. The van der Waals surface area contributed by atoms with Crippen LogP contribution in [-0.4, -0.2) is 23.8 Å². The zero-order valence-corrected chi connectivity index (χ0v) is 9.19. The molecular weight excluding hydrogens is 194 g/mol. The summed E-state index contributed by atoms with van der Waals surface area (Å²) in [6.45, 7) is 3.29. The molecule has 0 amide bonds. The smallest absolute Gasteiger partial charge is 0.240 e. The molecule has 1 fully saturated rings. The summed E-state index contributed by atoms with van der Waals surface area (Å²) in [6.07, 6.45) is 2.45. The zero-order chi connectivity index (χ0) is 10.7. The Balaban J connectivity index is 2.04. The van der Waals surface area contributed by atoms with E-state index in [1.54, 1.807) is 0 Å². The molecule has 0 saturated heterocycles. The van der Waals surface area contributed by atoms with Crippen molar-refractivity contribution in [2.24, 2.45) is 5.92 Å². The standard InChI is InChI=1S/C10H17N3O2/c1-3-14-9(7-4-5-7)10-12-8(6-11-2)15-13-10/h7,9,11H,3-6H2,1-2H3. The van der Waals surface area contributed by atoms with Gasteiger partial charge < -0.3 is 14.6 Å². The van der Waals surface area contributed by atoms with Crippen LogP contribution in [0.2, 0.25) is 0 Å². The summed E-state index contributed by atoms with van der Waals surface area (Å²) in [5.74, 6) is 1.91. The Bertz CT molecular complexity index is 309. The van der Waals surface area contributed by atoms with Crippen LogP contribution in [0.15, 0.2) is 4.52 Å². The molecule has 1 saturated carbocycles. The van der Waals surface area contributed by atoms with Gasteiger partial charge in [0.1, 0.15) is 6.10 Å². The molecule has 1 unspecified atom stereocenters. The van der Waals surface area contributed by atoms with E-state index in [9.17, 15) is 0 Å². The second kappa shape index (κ2) is 4.72. The van der Waals surface area contributed by atoms with E-state index < -0.39 is 0 Å². The Kier molecular flexibility index (Phi) is 3.33. The maximum absolute atomic E-state index is 5.64. The van der Waals surface area contributed by atoms with E-state index in [-0.39, 0.29) is 6.10 Å². The van der Waals surface area contributed by atoms with Gasteiger partial charge in [0.15, 0.2) is 0 Å². The molecule has 0 spiro atoms. The molecule has 1 aromatic heterocycles. The van der Waals surface area contributed by atoms with Crippen molar-refractivity contribution in [3.63, 3.8) is 0 Å². The molecule has 15 heavy (non-hydrogen) atoms. The van der Waals surface area contributed by atoms with Crippen LogP contribution in [0.4, 0.5) is 0 Å². The summed E-state index contributed by atoms with van der Waals surface area (Å²) in [7, 11) is 1.85. The predicted octanol–water partition coefficient (Wildman–Crippen LogP) is 1.28. The Morgan fingerprint density at radius 1 is 1.60 bits per heavy atom. The molecule has 0 aromatic carbocycles. The predicted molar refractivity (Wildman–Crippen MR) is 54.2 cm³/mol. The van der Waals surface area contributed by atoms with Crippen molar-refractivity contribution in [2.45, 2.75) is 32.4 Å². The van der Waals surface area contributed by atoms with Crippen molar-refractivity contribution >= 4 is 0 Å². The fourth-order valence-electron chi connectivity index (χ4n) is 1.61. The van der Waals surface area contributed by atoms with Gasteiger partial charge >= 0.3 is 0 Å². The largest absolute Gasteiger partial charge is 0.370 e. The van der Waals surface area contributed by atoms with E-state index in [0.717, 1.165) is 0 Å². The summed E-state index contributed by atoms with van der Waals surface area (Å²) in [5, 5.41) is 6.94. The number of nitrogens with one attached hydrogen (secondary N) is 1. The van der Waals surface area contributed by atoms with Crippen LogP contribution in [0.5, 0.6) is 0 Å². The quantitative estimate of drug-likeness (QED) is 0.768. The van der Waals surface area contributed by atoms with Crippen LogP contribution in [0.3, 0.4) is 0 Å². The van der Waals surface area contributed by atoms with Crippen LogP contribution in [0.25, 0.3) is 0 Å². The minimum atomic E-state index is 0.0318. The van der Waals surface area contributed by atoms with Crippen LogP contribution in [-0.2, 0) is 11.3 Å². The Hall–Kier alpha value is -0.940. The lowest BCUT2D eigenvalue weighted by Crippen LogP contribution is -2.09. The summed E-state index contributed by atoms with van der Waals surface area (Å²) < 4.78 is 10.7. The third kappa shape index (κ3) is 2.54. The first kappa shape index (κ1) is 10.6. The fraction of sp³-hybridized carbons (Fsp3) is 0.800. The van der Waals surface area contributed by atoms with E-state index >= 15 is 0 Å². The van der Waals surface area contributed by atoms with Crippen LogP contribution in [0.1, 0.15) is 37.6 Å².